The van der Waals surface area contributed by atoms with Crippen molar-refractivity contribution in [3.8, 4) is 5.75 Å². The van der Waals surface area contributed by atoms with E-state index < -0.39 is 9.84 Å². The highest BCUT2D eigenvalue weighted by molar-refractivity contribution is 7.91. The van der Waals surface area contributed by atoms with Gasteiger partial charge >= 0.3 is 0 Å². The molecular formula is C22H30N4O3S. The van der Waals surface area contributed by atoms with E-state index in [9.17, 15) is 8.42 Å². The van der Waals surface area contributed by atoms with Gasteiger partial charge < -0.3 is 19.9 Å². The summed E-state index contributed by atoms with van der Waals surface area (Å²) < 4.78 is 30.3. The highest BCUT2D eigenvalue weighted by Gasteiger charge is 2.21. The van der Waals surface area contributed by atoms with Gasteiger partial charge in [-0.05, 0) is 30.7 Å². The zero-order chi connectivity index (χ0) is 21.4. The molecule has 1 saturated heterocycles. The van der Waals surface area contributed by atoms with Crippen LogP contribution in [-0.4, -0.2) is 71.9 Å². The Morgan fingerprint density at radius 1 is 1.03 bits per heavy atom. The molecule has 0 unspecified atom stereocenters. The second kappa shape index (κ2) is 10.3. The molecule has 1 aliphatic rings. The second-order valence-corrected chi connectivity index (χ2v) is 9.21. The fraction of sp³-hybridized carbons (Fsp3) is 0.409. The second-order valence-electron chi connectivity index (χ2n) is 7.11. The Labute approximate surface area is 179 Å². The smallest absolute Gasteiger partial charge is 0.193 e. The van der Waals surface area contributed by atoms with Crippen LogP contribution in [0, 0.1) is 0 Å². The number of sulfone groups is 1. The van der Waals surface area contributed by atoms with Crippen LogP contribution < -0.4 is 15.0 Å². The van der Waals surface area contributed by atoms with Crippen LogP contribution in [0.4, 0.5) is 5.69 Å². The summed E-state index contributed by atoms with van der Waals surface area (Å²) in [6, 6.07) is 16.6. The molecule has 0 atom stereocenters. The number of hydrogen-bond donors (Lipinski definition) is 1. The lowest BCUT2D eigenvalue weighted by atomic mass is 10.2. The number of nitrogens with zero attached hydrogens (tertiary/aromatic N) is 3. The van der Waals surface area contributed by atoms with Gasteiger partial charge in [-0.25, -0.2) is 8.42 Å². The average Bonchev–Trinajstić information content (AvgIpc) is 2.80. The van der Waals surface area contributed by atoms with Gasteiger partial charge in [0.2, 0.25) is 0 Å². The number of rotatable bonds is 7. The lowest BCUT2D eigenvalue weighted by Crippen LogP contribution is -2.52. The highest BCUT2D eigenvalue weighted by atomic mass is 32.2. The Hall–Kier alpha value is -2.74. The molecule has 3 rings (SSSR count). The van der Waals surface area contributed by atoms with Gasteiger partial charge in [-0.2, -0.15) is 0 Å². The van der Waals surface area contributed by atoms with Crippen LogP contribution in [0.2, 0.25) is 0 Å². The van der Waals surface area contributed by atoms with E-state index in [0.717, 1.165) is 43.6 Å². The number of benzene rings is 2. The first-order valence-electron chi connectivity index (χ1n) is 10.2. The van der Waals surface area contributed by atoms with E-state index in [1.165, 1.54) is 0 Å². The summed E-state index contributed by atoms with van der Waals surface area (Å²) in [6.07, 6.45) is 0.525. The Bertz CT molecular complexity index is 940. The van der Waals surface area contributed by atoms with Crippen molar-refractivity contribution in [3.63, 3.8) is 0 Å². The van der Waals surface area contributed by atoms with Crippen molar-refractivity contribution in [1.82, 2.24) is 10.2 Å². The largest absolute Gasteiger partial charge is 0.495 e. The Kier molecular flexibility index (Phi) is 7.57. The normalized spacial score (nSPS) is 15.2. The first-order valence-corrected chi connectivity index (χ1v) is 11.8. The minimum absolute atomic E-state index is 0.114. The number of aliphatic imine (C=N–C) groups is 1. The maximum absolute atomic E-state index is 12.4. The monoisotopic (exact) mass is 430 g/mol. The summed E-state index contributed by atoms with van der Waals surface area (Å²) in [4.78, 5) is 9.27. The molecule has 0 spiro atoms. The standard InChI is InChI=1S/C22H30N4O3S/c1-23-22(24-13-8-18-30(27,28)19-9-4-3-5-10-19)26-16-14-25(15-17-26)20-11-6-7-12-21(20)29-2/h3-7,9-12H,8,13-18H2,1-2H3,(H,23,24). The van der Waals surface area contributed by atoms with Crippen LogP contribution in [0.1, 0.15) is 6.42 Å². The summed E-state index contributed by atoms with van der Waals surface area (Å²) in [5.74, 6) is 1.81. The molecule has 1 heterocycles. The Morgan fingerprint density at radius 3 is 2.37 bits per heavy atom. The lowest BCUT2D eigenvalue weighted by molar-refractivity contribution is 0.367. The number of para-hydroxylation sites is 2. The quantitative estimate of drug-likeness (QED) is 0.413. The van der Waals surface area contributed by atoms with Crippen molar-refractivity contribution in [1.29, 1.82) is 0 Å². The fourth-order valence-electron chi connectivity index (χ4n) is 3.59. The van der Waals surface area contributed by atoms with E-state index in [1.807, 2.05) is 24.3 Å². The highest BCUT2D eigenvalue weighted by Crippen LogP contribution is 2.28. The molecule has 1 N–H and O–H groups in total. The van der Waals surface area contributed by atoms with E-state index in [-0.39, 0.29) is 5.75 Å². The van der Waals surface area contributed by atoms with Crippen molar-refractivity contribution >= 4 is 21.5 Å². The topological polar surface area (TPSA) is 74.2 Å². The summed E-state index contributed by atoms with van der Waals surface area (Å²) in [7, 11) is 0.206. The first kappa shape index (κ1) is 22.0. The van der Waals surface area contributed by atoms with E-state index in [4.69, 9.17) is 4.74 Å². The van der Waals surface area contributed by atoms with E-state index >= 15 is 0 Å². The maximum Gasteiger partial charge on any atom is 0.193 e. The van der Waals surface area contributed by atoms with Crippen LogP contribution in [-0.2, 0) is 9.84 Å². The number of hydrogen-bond acceptors (Lipinski definition) is 5. The lowest BCUT2D eigenvalue weighted by Gasteiger charge is -2.38. The van der Waals surface area contributed by atoms with E-state index in [1.54, 1.807) is 38.4 Å². The minimum atomic E-state index is -3.25. The van der Waals surface area contributed by atoms with Crippen LogP contribution in [0.5, 0.6) is 5.75 Å². The third kappa shape index (κ3) is 5.44. The van der Waals surface area contributed by atoms with Crippen molar-refractivity contribution in [2.75, 3.05) is 57.5 Å². The van der Waals surface area contributed by atoms with Crippen LogP contribution in [0.3, 0.4) is 0 Å². The SMILES string of the molecule is CN=C(NCCCS(=O)(=O)c1ccccc1)N1CCN(c2ccccc2OC)CC1. The Balaban J connectivity index is 1.47. The number of nitrogens with one attached hydrogen (secondary N) is 1. The van der Waals surface area contributed by atoms with E-state index in [2.05, 4.69) is 26.2 Å². The van der Waals surface area contributed by atoms with Gasteiger partial charge in [-0.15, -0.1) is 0 Å². The van der Waals surface area contributed by atoms with Crippen molar-refractivity contribution in [3.05, 3.63) is 54.6 Å². The van der Waals surface area contributed by atoms with Gasteiger partial charge in [-0.3, -0.25) is 4.99 Å². The van der Waals surface area contributed by atoms with Gasteiger partial charge in [0.25, 0.3) is 0 Å². The number of anilines is 1. The molecule has 0 aromatic heterocycles. The zero-order valence-corrected chi connectivity index (χ0v) is 18.4. The molecule has 7 nitrogen and oxygen atoms in total. The van der Waals surface area contributed by atoms with Gasteiger partial charge in [-0.1, -0.05) is 30.3 Å². The number of piperazine rings is 1. The molecule has 0 amide bonds. The van der Waals surface area contributed by atoms with Gasteiger partial charge in [0.05, 0.1) is 23.4 Å². The summed E-state index contributed by atoms with van der Waals surface area (Å²) >= 11 is 0. The Morgan fingerprint density at radius 2 is 1.70 bits per heavy atom. The average molecular weight is 431 g/mol. The van der Waals surface area contributed by atoms with Crippen molar-refractivity contribution in [2.45, 2.75) is 11.3 Å². The molecule has 0 saturated carbocycles. The number of methoxy groups -OCH3 is 1. The molecular weight excluding hydrogens is 400 g/mol. The fourth-order valence-corrected chi connectivity index (χ4v) is 4.92. The molecule has 30 heavy (non-hydrogen) atoms. The van der Waals surface area contributed by atoms with Gasteiger partial charge in [0.1, 0.15) is 5.75 Å². The van der Waals surface area contributed by atoms with Gasteiger partial charge in [0.15, 0.2) is 15.8 Å². The molecule has 2 aromatic rings. The molecule has 8 heteroatoms. The van der Waals surface area contributed by atoms with E-state index in [0.29, 0.717) is 17.9 Å². The molecule has 162 valence electrons. The summed E-state index contributed by atoms with van der Waals surface area (Å²) in [5.41, 5.74) is 1.11. The minimum Gasteiger partial charge on any atom is -0.495 e. The first-order chi connectivity index (χ1) is 14.5. The third-order valence-corrected chi connectivity index (χ3v) is 7.01. The van der Waals surface area contributed by atoms with Crippen molar-refractivity contribution in [2.24, 2.45) is 4.99 Å². The third-order valence-electron chi connectivity index (χ3n) is 5.19. The predicted molar refractivity (Wildman–Crippen MR) is 121 cm³/mol. The van der Waals surface area contributed by atoms with Gasteiger partial charge in [0, 0.05) is 39.8 Å². The molecule has 0 bridgehead atoms. The number of guanidine groups is 1. The maximum atomic E-state index is 12.4. The molecule has 2 aromatic carbocycles. The molecule has 1 fully saturated rings. The molecule has 0 aliphatic carbocycles. The molecule has 0 radical (unpaired) electrons. The van der Waals surface area contributed by atoms with Crippen molar-refractivity contribution < 1.29 is 13.2 Å². The molecule has 1 aliphatic heterocycles. The van der Waals surface area contributed by atoms with Crippen LogP contribution >= 0.6 is 0 Å². The number of ether oxygens (including phenoxy) is 1. The van der Waals surface area contributed by atoms with Crippen LogP contribution in [0.25, 0.3) is 0 Å². The summed E-state index contributed by atoms with van der Waals surface area (Å²) in [5, 5.41) is 3.31. The predicted octanol–water partition coefficient (Wildman–Crippen LogP) is 2.26. The summed E-state index contributed by atoms with van der Waals surface area (Å²) in [6.45, 7) is 3.96. The van der Waals surface area contributed by atoms with Crippen LogP contribution in [0.15, 0.2) is 64.5 Å². The zero-order valence-electron chi connectivity index (χ0n) is 17.6.